The van der Waals surface area contributed by atoms with Crippen LogP contribution >= 0.6 is 11.6 Å². The summed E-state index contributed by atoms with van der Waals surface area (Å²) in [6.07, 6.45) is 0. The van der Waals surface area contributed by atoms with Crippen LogP contribution in [-0.2, 0) is 0 Å². The Labute approximate surface area is 62.4 Å². The molecule has 1 aliphatic rings. The quantitative estimate of drug-likeness (QED) is 0.534. The van der Waals surface area contributed by atoms with Crippen molar-refractivity contribution in [1.82, 2.24) is 0 Å². The highest BCUT2D eigenvalue weighted by Gasteiger charge is 2.74. The van der Waals surface area contributed by atoms with Gasteiger partial charge in [-0.2, -0.15) is 8.78 Å². The van der Waals surface area contributed by atoms with E-state index in [4.69, 9.17) is 0 Å². The van der Waals surface area contributed by atoms with Gasteiger partial charge in [0.05, 0.1) is 0 Å². The minimum Gasteiger partial charge on any atom is -0.235 e. The van der Waals surface area contributed by atoms with Gasteiger partial charge in [-0.05, 0) is 11.6 Å². The summed E-state index contributed by atoms with van der Waals surface area (Å²) in [7, 11) is 0. The zero-order valence-corrected chi connectivity index (χ0v) is 6.42. The molecule has 0 bridgehead atoms. The van der Waals surface area contributed by atoms with Crippen LogP contribution in [0.3, 0.4) is 0 Å². The second kappa shape index (κ2) is 1.81. The van der Waals surface area contributed by atoms with E-state index in [1.54, 1.807) is 0 Å². The van der Waals surface area contributed by atoms with Crippen LogP contribution in [0.25, 0.3) is 0 Å². The van der Waals surface area contributed by atoms with Gasteiger partial charge in [0.25, 0.3) is 0 Å². The summed E-state index contributed by atoms with van der Waals surface area (Å²) in [4.78, 5) is 0. The van der Waals surface area contributed by atoms with E-state index in [1.165, 1.54) is 13.8 Å². The molecule has 1 rings (SSSR count). The van der Waals surface area contributed by atoms with Crippen LogP contribution in [-0.4, -0.2) is 11.1 Å². The predicted molar refractivity (Wildman–Crippen MR) is 33.0 cm³/mol. The average Bonchev–Trinajstić information content (AvgIpc) is 2.19. The van der Waals surface area contributed by atoms with Crippen molar-refractivity contribution in [2.45, 2.75) is 24.9 Å². The van der Waals surface area contributed by atoms with Crippen molar-refractivity contribution in [3.63, 3.8) is 0 Å². The standard InChI is InChI=1S/C6H8ClF3/c1-3-4(2)5(3,8)6(7,9)10/h3-4H,1-2H3/t3-,4+,5?. The molecule has 0 N–H and O–H groups in total. The largest absolute Gasteiger partial charge is 0.355 e. The van der Waals surface area contributed by atoms with Crippen molar-refractivity contribution in [1.29, 1.82) is 0 Å². The summed E-state index contributed by atoms with van der Waals surface area (Å²) in [6.45, 7) is 2.86. The third-order valence-electron chi connectivity index (χ3n) is 2.40. The molecule has 0 spiro atoms. The molecule has 0 saturated heterocycles. The normalized spacial score (nSPS) is 47.4. The van der Waals surface area contributed by atoms with E-state index >= 15 is 0 Å². The highest BCUT2D eigenvalue weighted by Crippen LogP contribution is 2.62. The zero-order chi connectivity index (χ0) is 8.15. The van der Waals surface area contributed by atoms with Gasteiger partial charge in [0, 0.05) is 11.8 Å². The Morgan fingerprint density at radius 1 is 1.30 bits per heavy atom. The molecular formula is C6H8ClF3. The molecule has 0 aromatic carbocycles. The highest BCUT2D eigenvalue weighted by molar-refractivity contribution is 6.22. The van der Waals surface area contributed by atoms with E-state index in [-0.39, 0.29) is 0 Å². The van der Waals surface area contributed by atoms with Gasteiger partial charge in [0.15, 0.2) is 5.67 Å². The van der Waals surface area contributed by atoms with Gasteiger partial charge < -0.3 is 0 Å². The molecule has 0 aromatic heterocycles. The number of rotatable bonds is 1. The smallest absolute Gasteiger partial charge is 0.235 e. The molecule has 1 saturated carbocycles. The molecule has 60 valence electrons. The second-order valence-corrected chi connectivity index (χ2v) is 3.32. The molecule has 0 aliphatic heterocycles. The maximum absolute atomic E-state index is 12.9. The van der Waals surface area contributed by atoms with Crippen molar-refractivity contribution in [3.05, 3.63) is 0 Å². The van der Waals surface area contributed by atoms with Crippen LogP contribution in [0, 0.1) is 11.8 Å². The van der Waals surface area contributed by atoms with Crippen LogP contribution in [0.15, 0.2) is 0 Å². The van der Waals surface area contributed by atoms with Crippen LogP contribution in [0.4, 0.5) is 13.2 Å². The number of hydrogen-bond acceptors (Lipinski definition) is 0. The third kappa shape index (κ3) is 0.760. The first-order valence-corrected chi connectivity index (χ1v) is 3.45. The molecule has 0 heterocycles. The topological polar surface area (TPSA) is 0 Å². The molecule has 0 amide bonds. The van der Waals surface area contributed by atoms with Crippen molar-refractivity contribution in [2.24, 2.45) is 11.8 Å². The lowest BCUT2D eigenvalue weighted by atomic mass is 10.3. The lowest BCUT2D eigenvalue weighted by Gasteiger charge is -2.12. The summed E-state index contributed by atoms with van der Waals surface area (Å²) in [5.74, 6) is -1.25. The maximum Gasteiger partial charge on any atom is 0.355 e. The molecule has 1 aliphatic carbocycles. The first kappa shape index (κ1) is 8.18. The van der Waals surface area contributed by atoms with E-state index in [1.807, 2.05) is 0 Å². The molecule has 1 unspecified atom stereocenters. The summed E-state index contributed by atoms with van der Waals surface area (Å²) in [5.41, 5.74) is -2.46. The van der Waals surface area contributed by atoms with Gasteiger partial charge in [-0.15, -0.1) is 0 Å². The Morgan fingerprint density at radius 2 is 1.60 bits per heavy atom. The lowest BCUT2D eigenvalue weighted by molar-refractivity contribution is -0.0237. The first-order chi connectivity index (χ1) is 4.32. The predicted octanol–water partition coefficient (Wildman–Crippen LogP) is 2.81. The molecule has 0 aromatic rings. The summed E-state index contributed by atoms with van der Waals surface area (Å²) >= 11 is 4.55. The van der Waals surface area contributed by atoms with Crippen molar-refractivity contribution in [3.8, 4) is 0 Å². The average molecular weight is 173 g/mol. The summed E-state index contributed by atoms with van der Waals surface area (Å²) in [6, 6.07) is 0. The number of halogens is 4. The molecule has 3 atom stereocenters. The molecular weight excluding hydrogens is 165 g/mol. The molecule has 10 heavy (non-hydrogen) atoms. The molecule has 0 radical (unpaired) electrons. The van der Waals surface area contributed by atoms with E-state index in [2.05, 4.69) is 11.6 Å². The fourth-order valence-corrected chi connectivity index (χ4v) is 1.59. The van der Waals surface area contributed by atoms with Crippen LogP contribution in [0.1, 0.15) is 13.8 Å². The SMILES string of the molecule is C[C@@H]1[C@H](C)C1(F)C(F)(F)Cl. The van der Waals surface area contributed by atoms with Crippen molar-refractivity contribution in [2.75, 3.05) is 0 Å². The van der Waals surface area contributed by atoms with Crippen LogP contribution in [0.2, 0.25) is 0 Å². The van der Waals surface area contributed by atoms with E-state index in [0.717, 1.165) is 0 Å². The molecule has 1 fully saturated rings. The highest BCUT2D eigenvalue weighted by atomic mass is 35.5. The third-order valence-corrected chi connectivity index (χ3v) is 2.69. The number of hydrogen-bond donors (Lipinski definition) is 0. The van der Waals surface area contributed by atoms with Gasteiger partial charge in [0.2, 0.25) is 0 Å². The van der Waals surface area contributed by atoms with Gasteiger partial charge in [-0.1, -0.05) is 13.8 Å². The van der Waals surface area contributed by atoms with Crippen LogP contribution < -0.4 is 0 Å². The van der Waals surface area contributed by atoms with Crippen molar-refractivity contribution >= 4 is 11.6 Å². The first-order valence-electron chi connectivity index (χ1n) is 3.07. The van der Waals surface area contributed by atoms with Gasteiger partial charge in [0.1, 0.15) is 0 Å². The second-order valence-electron chi connectivity index (χ2n) is 2.84. The minimum absolute atomic E-state index is 0.625. The zero-order valence-electron chi connectivity index (χ0n) is 5.67. The van der Waals surface area contributed by atoms with Gasteiger partial charge in [-0.3, -0.25) is 0 Å². The van der Waals surface area contributed by atoms with Gasteiger partial charge >= 0.3 is 5.38 Å². The monoisotopic (exact) mass is 172 g/mol. The van der Waals surface area contributed by atoms with E-state index in [9.17, 15) is 13.2 Å². The fourth-order valence-electron chi connectivity index (χ4n) is 1.24. The maximum atomic E-state index is 12.9. The van der Waals surface area contributed by atoms with Crippen LogP contribution in [0.5, 0.6) is 0 Å². The van der Waals surface area contributed by atoms with Gasteiger partial charge in [-0.25, -0.2) is 4.39 Å². The summed E-state index contributed by atoms with van der Waals surface area (Å²) < 4.78 is 37.3. The Morgan fingerprint density at radius 3 is 1.60 bits per heavy atom. The number of alkyl halides is 4. The fraction of sp³-hybridized carbons (Fsp3) is 1.00. The Balaban J connectivity index is 2.75. The Kier molecular flexibility index (Phi) is 1.48. The van der Waals surface area contributed by atoms with E-state index < -0.39 is 22.9 Å². The lowest BCUT2D eigenvalue weighted by Crippen LogP contribution is -2.28. The summed E-state index contributed by atoms with van der Waals surface area (Å²) in [5, 5.41) is -3.70. The molecule has 4 heteroatoms. The molecule has 0 nitrogen and oxygen atoms in total. The van der Waals surface area contributed by atoms with Crippen molar-refractivity contribution < 1.29 is 13.2 Å². The van der Waals surface area contributed by atoms with E-state index in [0.29, 0.717) is 0 Å². The Bertz CT molecular complexity index is 144. The Hall–Kier alpha value is 0.0800. The minimum atomic E-state index is -3.70.